The highest BCUT2D eigenvalue weighted by Gasteiger charge is 2.48. The molecule has 2 aliphatic heterocycles. The molecule has 11 nitrogen and oxygen atoms in total. The SMILES string of the molecule is Cc1nc(N2CCC3(CC2)CO[C@@H](C)[C@H]3N)c2nncn2c1S(=O)(=O)c1ccnc(N)c1Cl. The van der Waals surface area contributed by atoms with Gasteiger partial charge in [0.15, 0.2) is 10.8 Å². The van der Waals surface area contributed by atoms with E-state index < -0.39 is 9.84 Å². The number of ether oxygens (including phenoxy) is 1. The van der Waals surface area contributed by atoms with Crippen LogP contribution in [-0.4, -0.2) is 64.8 Å². The molecule has 4 N–H and O–H groups in total. The minimum atomic E-state index is -4.08. The zero-order valence-corrected chi connectivity index (χ0v) is 19.8. The van der Waals surface area contributed by atoms with Gasteiger partial charge in [-0.3, -0.25) is 4.40 Å². The Morgan fingerprint density at radius 3 is 2.70 bits per heavy atom. The Bertz CT molecular complexity index is 1340. The van der Waals surface area contributed by atoms with Crippen LogP contribution in [0.2, 0.25) is 5.02 Å². The second kappa shape index (κ2) is 7.76. The smallest absolute Gasteiger partial charge is 0.225 e. The van der Waals surface area contributed by atoms with E-state index in [9.17, 15) is 8.42 Å². The fraction of sp³-hybridized carbons (Fsp3) is 0.500. The molecule has 0 amide bonds. The van der Waals surface area contributed by atoms with Crippen molar-refractivity contribution in [2.45, 2.75) is 48.8 Å². The number of aromatic nitrogens is 5. The van der Waals surface area contributed by atoms with Gasteiger partial charge in [0.1, 0.15) is 17.2 Å². The monoisotopic (exact) mass is 492 g/mol. The molecular formula is C20H25ClN8O3S. The first-order chi connectivity index (χ1) is 15.7. The van der Waals surface area contributed by atoms with E-state index in [-0.39, 0.29) is 38.3 Å². The lowest BCUT2D eigenvalue weighted by atomic mass is 9.73. The van der Waals surface area contributed by atoms with Crippen molar-refractivity contribution in [1.29, 1.82) is 0 Å². The lowest BCUT2D eigenvalue weighted by molar-refractivity contribution is 0.0974. The molecule has 2 atom stereocenters. The Kier molecular flexibility index (Phi) is 5.23. The molecule has 5 heterocycles. The molecule has 5 rings (SSSR count). The summed E-state index contributed by atoms with van der Waals surface area (Å²) in [4.78, 5) is 10.5. The van der Waals surface area contributed by atoms with Crippen LogP contribution in [0, 0.1) is 12.3 Å². The summed E-state index contributed by atoms with van der Waals surface area (Å²) in [5, 5.41) is 7.96. The molecule has 33 heavy (non-hydrogen) atoms. The minimum absolute atomic E-state index is 0.00692. The fourth-order valence-corrected chi connectivity index (χ4v) is 6.93. The van der Waals surface area contributed by atoms with Gasteiger partial charge in [0, 0.05) is 30.7 Å². The summed E-state index contributed by atoms with van der Waals surface area (Å²) in [6.07, 6.45) is 4.42. The lowest BCUT2D eigenvalue weighted by Gasteiger charge is -2.41. The predicted molar refractivity (Wildman–Crippen MR) is 122 cm³/mol. The summed E-state index contributed by atoms with van der Waals surface area (Å²) >= 11 is 6.18. The van der Waals surface area contributed by atoms with Crippen molar-refractivity contribution < 1.29 is 13.2 Å². The van der Waals surface area contributed by atoms with E-state index in [4.69, 9.17) is 27.8 Å². The third-order valence-corrected chi connectivity index (χ3v) is 9.31. The van der Waals surface area contributed by atoms with Gasteiger partial charge in [-0.25, -0.2) is 18.4 Å². The summed E-state index contributed by atoms with van der Waals surface area (Å²) < 4.78 is 34.3. The van der Waals surface area contributed by atoms with Gasteiger partial charge in [0.25, 0.3) is 0 Å². The van der Waals surface area contributed by atoms with E-state index in [2.05, 4.69) is 25.1 Å². The van der Waals surface area contributed by atoms with Crippen LogP contribution in [0.4, 0.5) is 11.6 Å². The number of aryl methyl sites for hydroxylation is 1. The maximum atomic E-state index is 13.5. The molecule has 2 fully saturated rings. The lowest BCUT2D eigenvalue weighted by Crippen LogP contribution is -2.50. The molecule has 2 saturated heterocycles. The van der Waals surface area contributed by atoms with Crippen LogP contribution in [0.5, 0.6) is 0 Å². The highest BCUT2D eigenvalue weighted by Crippen LogP contribution is 2.42. The van der Waals surface area contributed by atoms with Crippen LogP contribution >= 0.6 is 11.6 Å². The summed E-state index contributed by atoms with van der Waals surface area (Å²) in [6, 6.07) is 1.31. The molecule has 3 aromatic rings. The molecule has 0 saturated carbocycles. The molecule has 13 heteroatoms. The number of nitrogen functional groups attached to an aromatic ring is 1. The molecule has 176 valence electrons. The number of hydrogen-bond acceptors (Lipinski definition) is 10. The number of pyridine rings is 1. The van der Waals surface area contributed by atoms with Crippen molar-refractivity contribution >= 4 is 38.7 Å². The van der Waals surface area contributed by atoms with E-state index >= 15 is 0 Å². The van der Waals surface area contributed by atoms with Gasteiger partial charge in [-0.1, -0.05) is 11.6 Å². The molecule has 2 aliphatic rings. The molecule has 0 bridgehead atoms. The van der Waals surface area contributed by atoms with Crippen molar-refractivity contribution in [1.82, 2.24) is 24.6 Å². The van der Waals surface area contributed by atoms with Crippen molar-refractivity contribution in [2.75, 3.05) is 30.3 Å². The van der Waals surface area contributed by atoms with Crippen LogP contribution < -0.4 is 16.4 Å². The summed E-state index contributed by atoms with van der Waals surface area (Å²) in [5.74, 6) is 0.519. The third kappa shape index (κ3) is 3.35. The highest BCUT2D eigenvalue weighted by atomic mass is 35.5. The number of anilines is 2. The number of rotatable bonds is 3. The van der Waals surface area contributed by atoms with Crippen molar-refractivity contribution in [3.05, 3.63) is 29.3 Å². The van der Waals surface area contributed by atoms with Crippen molar-refractivity contribution in [3.63, 3.8) is 0 Å². The van der Waals surface area contributed by atoms with Gasteiger partial charge in [-0.15, -0.1) is 10.2 Å². The Hall–Kier alpha value is -2.54. The number of nitrogens with two attached hydrogens (primary N) is 2. The van der Waals surface area contributed by atoms with Crippen molar-refractivity contribution in [3.8, 4) is 0 Å². The molecule has 0 aromatic carbocycles. The fourth-order valence-electron chi connectivity index (χ4n) is 4.89. The zero-order valence-electron chi connectivity index (χ0n) is 18.3. The van der Waals surface area contributed by atoms with Crippen LogP contribution in [-0.2, 0) is 14.6 Å². The number of nitrogens with zero attached hydrogens (tertiary/aromatic N) is 6. The second-order valence-electron chi connectivity index (χ2n) is 8.75. The van der Waals surface area contributed by atoms with Crippen LogP contribution in [0.15, 0.2) is 28.5 Å². The van der Waals surface area contributed by atoms with E-state index in [1.54, 1.807) is 6.92 Å². The van der Waals surface area contributed by atoms with Crippen LogP contribution in [0.3, 0.4) is 0 Å². The summed E-state index contributed by atoms with van der Waals surface area (Å²) in [5.41, 5.74) is 12.8. The van der Waals surface area contributed by atoms with Gasteiger partial charge in [-0.2, -0.15) is 0 Å². The van der Waals surface area contributed by atoms with Crippen LogP contribution in [0.25, 0.3) is 5.65 Å². The molecule has 3 aromatic heterocycles. The molecule has 0 aliphatic carbocycles. The van der Waals surface area contributed by atoms with Gasteiger partial charge in [-0.05, 0) is 32.8 Å². The molecule has 1 spiro atoms. The number of hydrogen-bond donors (Lipinski definition) is 2. The highest BCUT2D eigenvalue weighted by molar-refractivity contribution is 7.91. The normalized spacial score (nSPS) is 23.0. The third-order valence-electron chi connectivity index (χ3n) is 6.88. The molecule has 0 radical (unpaired) electrons. The number of fused-ring (bicyclic) bond motifs is 1. The second-order valence-corrected chi connectivity index (χ2v) is 11.0. The standard InChI is InChI=1S/C20H25ClN8O3S/c1-11-19(33(30,31)13-3-6-24-16(23)14(13)21)29-10-25-27-18(29)17(26-11)28-7-4-20(5-8-28)9-32-12(2)15(20)22/h3,6,10,12,15H,4-5,7-9,22H2,1-2H3,(H2,23,24)/t12-,15+/m0/s1. The maximum Gasteiger partial charge on any atom is 0.225 e. The van der Waals surface area contributed by atoms with E-state index in [1.165, 1.54) is 23.0 Å². The van der Waals surface area contributed by atoms with E-state index in [0.717, 1.165) is 12.8 Å². The van der Waals surface area contributed by atoms with Gasteiger partial charge in [0.2, 0.25) is 15.5 Å². The first-order valence-electron chi connectivity index (χ1n) is 10.6. The predicted octanol–water partition coefficient (Wildman–Crippen LogP) is 1.23. The van der Waals surface area contributed by atoms with Crippen molar-refractivity contribution in [2.24, 2.45) is 11.1 Å². The summed E-state index contributed by atoms with van der Waals surface area (Å²) in [7, 11) is -4.08. The minimum Gasteiger partial charge on any atom is -0.382 e. The number of sulfone groups is 1. The van der Waals surface area contributed by atoms with Gasteiger partial charge >= 0.3 is 0 Å². The first-order valence-corrected chi connectivity index (χ1v) is 12.5. The Morgan fingerprint density at radius 2 is 2.03 bits per heavy atom. The average molecular weight is 493 g/mol. The maximum absolute atomic E-state index is 13.5. The Morgan fingerprint density at radius 1 is 1.30 bits per heavy atom. The Balaban J connectivity index is 1.54. The van der Waals surface area contributed by atoms with Gasteiger partial charge in [0.05, 0.1) is 23.3 Å². The average Bonchev–Trinajstić information content (AvgIpc) is 3.36. The molecule has 0 unspecified atom stereocenters. The number of halogens is 1. The summed E-state index contributed by atoms with van der Waals surface area (Å²) in [6.45, 7) is 5.72. The largest absolute Gasteiger partial charge is 0.382 e. The van der Waals surface area contributed by atoms with Gasteiger partial charge < -0.3 is 21.1 Å². The number of piperidine rings is 1. The Labute approximate surface area is 196 Å². The van der Waals surface area contributed by atoms with E-state index in [0.29, 0.717) is 36.9 Å². The molecular weight excluding hydrogens is 468 g/mol. The van der Waals surface area contributed by atoms with E-state index in [1.807, 2.05) is 6.92 Å². The topological polar surface area (TPSA) is 155 Å². The first kappa shape index (κ1) is 22.3. The quantitative estimate of drug-likeness (QED) is 0.545. The van der Waals surface area contributed by atoms with Crippen LogP contribution in [0.1, 0.15) is 25.5 Å². The zero-order chi connectivity index (χ0) is 23.5.